The van der Waals surface area contributed by atoms with E-state index in [9.17, 15) is 4.79 Å². The molecule has 0 aliphatic heterocycles. The first kappa shape index (κ1) is 6.95. The van der Waals surface area contributed by atoms with E-state index in [2.05, 4.69) is 10.2 Å². The summed E-state index contributed by atoms with van der Waals surface area (Å²) in [6, 6.07) is 0. The van der Waals surface area contributed by atoms with Crippen molar-refractivity contribution < 1.29 is 9.53 Å². The molecule has 0 unspecified atom stereocenters. The topological polar surface area (TPSA) is 55.0 Å². The number of nitrogens with one attached hydrogen (secondary N) is 1. The van der Waals surface area contributed by atoms with Crippen molar-refractivity contribution in [2.75, 3.05) is 7.11 Å². The summed E-state index contributed by atoms with van der Waals surface area (Å²) in [6.07, 6.45) is 2.22. The minimum Gasteiger partial charge on any atom is -0.378 e. The third kappa shape index (κ3) is 1.22. The number of aldehydes is 1. The van der Waals surface area contributed by atoms with Gasteiger partial charge in [-0.15, -0.1) is 0 Å². The Labute approximate surface area is 58.2 Å². The van der Waals surface area contributed by atoms with E-state index < -0.39 is 0 Å². The van der Waals surface area contributed by atoms with Crippen LogP contribution in [0.2, 0.25) is 0 Å². The van der Waals surface area contributed by atoms with E-state index in [0.29, 0.717) is 12.2 Å². The molecule has 0 aliphatic carbocycles. The second-order valence-corrected chi connectivity index (χ2v) is 1.85. The fourth-order valence-corrected chi connectivity index (χ4v) is 0.684. The molecule has 0 amide bonds. The predicted octanol–water partition coefficient (Wildman–Crippen LogP) is 0.369. The molecule has 1 heterocycles. The molecule has 0 bridgehead atoms. The average molecular weight is 140 g/mol. The van der Waals surface area contributed by atoms with Crippen LogP contribution in [-0.2, 0) is 11.3 Å². The van der Waals surface area contributed by atoms with Crippen LogP contribution in [0, 0.1) is 0 Å². The van der Waals surface area contributed by atoms with E-state index in [0.717, 1.165) is 12.0 Å². The van der Waals surface area contributed by atoms with Gasteiger partial charge >= 0.3 is 0 Å². The van der Waals surface area contributed by atoms with Gasteiger partial charge in [-0.05, 0) is 0 Å². The van der Waals surface area contributed by atoms with Crippen LogP contribution >= 0.6 is 0 Å². The smallest absolute Gasteiger partial charge is 0.153 e. The van der Waals surface area contributed by atoms with Crippen LogP contribution in [0.5, 0.6) is 0 Å². The summed E-state index contributed by atoms with van der Waals surface area (Å²) >= 11 is 0. The third-order valence-corrected chi connectivity index (χ3v) is 1.17. The largest absolute Gasteiger partial charge is 0.378 e. The highest BCUT2D eigenvalue weighted by molar-refractivity contribution is 5.75. The molecule has 0 aliphatic rings. The second-order valence-electron chi connectivity index (χ2n) is 1.85. The normalized spacial score (nSPS) is 9.70. The van der Waals surface area contributed by atoms with E-state index >= 15 is 0 Å². The Balaban J connectivity index is 2.79. The van der Waals surface area contributed by atoms with Crippen molar-refractivity contribution in [3.05, 3.63) is 17.5 Å². The quantitative estimate of drug-likeness (QED) is 0.617. The molecular weight excluding hydrogens is 132 g/mol. The lowest BCUT2D eigenvalue weighted by Gasteiger charge is -1.92. The van der Waals surface area contributed by atoms with Gasteiger partial charge in [0.1, 0.15) is 0 Å². The average Bonchev–Trinajstić information content (AvgIpc) is 2.36. The Morgan fingerprint density at radius 3 is 3.30 bits per heavy atom. The first-order valence-electron chi connectivity index (χ1n) is 2.85. The van der Waals surface area contributed by atoms with Crippen LogP contribution in [0.25, 0.3) is 0 Å². The minimum absolute atomic E-state index is 0.397. The number of nitrogens with zero attached hydrogens (tertiary/aromatic N) is 1. The van der Waals surface area contributed by atoms with E-state index in [1.165, 1.54) is 6.20 Å². The third-order valence-electron chi connectivity index (χ3n) is 1.17. The van der Waals surface area contributed by atoms with Crippen molar-refractivity contribution in [3.8, 4) is 0 Å². The lowest BCUT2D eigenvalue weighted by Crippen LogP contribution is -1.91. The highest BCUT2D eigenvalue weighted by atomic mass is 16.5. The molecule has 1 aromatic rings. The second kappa shape index (κ2) is 3.12. The molecule has 0 aromatic carbocycles. The fourth-order valence-electron chi connectivity index (χ4n) is 0.684. The summed E-state index contributed by atoms with van der Waals surface area (Å²) in [7, 11) is 1.56. The first-order valence-corrected chi connectivity index (χ1v) is 2.85. The Kier molecular flexibility index (Phi) is 2.17. The van der Waals surface area contributed by atoms with Gasteiger partial charge in [-0.2, -0.15) is 5.10 Å². The van der Waals surface area contributed by atoms with Gasteiger partial charge in [-0.25, -0.2) is 0 Å². The Hall–Kier alpha value is -1.16. The molecule has 0 saturated carbocycles. The molecule has 0 atom stereocenters. The Bertz CT molecular complexity index is 219. The standard InChI is InChI=1S/C6H8N2O2/c1-10-4-6-5(3-9)2-7-8-6/h2-3H,4H2,1H3,(H,7,8). The molecular formula is C6H8N2O2. The van der Waals surface area contributed by atoms with Gasteiger partial charge in [0.25, 0.3) is 0 Å². The molecule has 4 heteroatoms. The molecule has 0 fully saturated rings. The maximum Gasteiger partial charge on any atom is 0.153 e. The van der Waals surface area contributed by atoms with Crippen LogP contribution < -0.4 is 0 Å². The van der Waals surface area contributed by atoms with Crippen LogP contribution in [-0.4, -0.2) is 23.6 Å². The van der Waals surface area contributed by atoms with Gasteiger partial charge in [-0.1, -0.05) is 0 Å². The molecule has 0 spiro atoms. The molecule has 1 rings (SSSR count). The first-order chi connectivity index (χ1) is 4.88. The monoisotopic (exact) mass is 140 g/mol. The number of carbonyl (C=O) groups is 1. The summed E-state index contributed by atoms with van der Waals surface area (Å²) < 4.78 is 4.80. The number of rotatable bonds is 3. The number of carbonyl (C=O) groups excluding carboxylic acids is 1. The highest BCUT2D eigenvalue weighted by Gasteiger charge is 2.01. The highest BCUT2D eigenvalue weighted by Crippen LogP contribution is 2.01. The van der Waals surface area contributed by atoms with Gasteiger partial charge in [-0.3, -0.25) is 9.89 Å². The van der Waals surface area contributed by atoms with Gasteiger partial charge in [0.2, 0.25) is 0 Å². The van der Waals surface area contributed by atoms with Crippen molar-refractivity contribution in [2.45, 2.75) is 6.61 Å². The molecule has 0 radical (unpaired) electrons. The van der Waals surface area contributed by atoms with Crippen LogP contribution in [0.15, 0.2) is 6.20 Å². The number of aromatic amines is 1. The van der Waals surface area contributed by atoms with Gasteiger partial charge in [0.15, 0.2) is 6.29 Å². The summed E-state index contributed by atoms with van der Waals surface area (Å²) in [5.41, 5.74) is 1.28. The van der Waals surface area contributed by atoms with E-state index in [-0.39, 0.29) is 0 Å². The maximum absolute atomic E-state index is 10.2. The molecule has 4 nitrogen and oxygen atoms in total. The van der Waals surface area contributed by atoms with Crippen LogP contribution in [0.1, 0.15) is 16.1 Å². The fraction of sp³-hybridized carbons (Fsp3) is 0.333. The summed E-state index contributed by atoms with van der Waals surface area (Å²) in [4.78, 5) is 10.2. The number of hydrogen-bond donors (Lipinski definition) is 1. The van der Waals surface area contributed by atoms with Crippen molar-refractivity contribution >= 4 is 6.29 Å². The van der Waals surface area contributed by atoms with Crippen molar-refractivity contribution in [1.29, 1.82) is 0 Å². The van der Waals surface area contributed by atoms with Crippen LogP contribution in [0.3, 0.4) is 0 Å². The number of aromatic nitrogens is 2. The summed E-state index contributed by atoms with van der Waals surface area (Å²) in [5.74, 6) is 0. The number of H-pyrrole nitrogens is 1. The number of hydrogen-bond acceptors (Lipinski definition) is 3. The van der Waals surface area contributed by atoms with Crippen molar-refractivity contribution in [3.63, 3.8) is 0 Å². The molecule has 1 N–H and O–H groups in total. The molecule has 1 aromatic heterocycles. The van der Waals surface area contributed by atoms with Gasteiger partial charge < -0.3 is 4.74 Å². The lowest BCUT2D eigenvalue weighted by molar-refractivity contribution is 0.111. The van der Waals surface area contributed by atoms with E-state index in [4.69, 9.17) is 4.74 Å². The predicted molar refractivity (Wildman–Crippen MR) is 34.7 cm³/mol. The zero-order valence-electron chi connectivity index (χ0n) is 5.63. The van der Waals surface area contributed by atoms with Crippen molar-refractivity contribution in [2.24, 2.45) is 0 Å². The molecule has 54 valence electrons. The lowest BCUT2D eigenvalue weighted by atomic mass is 10.3. The maximum atomic E-state index is 10.2. The zero-order valence-corrected chi connectivity index (χ0v) is 5.63. The van der Waals surface area contributed by atoms with Gasteiger partial charge in [0.05, 0.1) is 24.1 Å². The van der Waals surface area contributed by atoms with Crippen molar-refractivity contribution in [1.82, 2.24) is 10.2 Å². The zero-order chi connectivity index (χ0) is 7.40. The van der Waals surface area contributed by atoms with E-state index in [1.807, 2.05) is 0 Å². The summed E-state index contributed by atoms with van der Waals surface area (Å²) in [5, 5.41) is 6.33. The number of ether oxygens (including phenoxy) is 1. The number of methoxy groups -OCH3 is 1. The van der Waals surface area contributed by atoms with E-state index in [1.54, 1.807) is 7.11 Å². The molecule has 0 saturated heterocycles. The Morgan fingerprint density at radius 2 is 2.70 bits per heavy atom. The summed E-state index contributed by atoms with van der Waals surface area (Å²) in [6.45, 7) is 0.397. The van der Waals surface area contributed by atoms with Crippen LogP contribution in [0.4, 0.5) is 0 Å². The van der Waals surface area contributed by atoms with Gasteiger partial charge in [0, 0.05) is 7.11 Å². The minimum atomic E-state index is 0.397. The Morgan fingerprint density at radius 1 is 1.90 bits per heavy atom. The SMILES string of the molecule is COCc1[nH]ncc1C=O. The molecule has 10 heavy (non-hydrogen) atoms.